The van der Waals surface area contributed by atoms with Gasteiger partial charge >= 0.3 is 0 Å². The quantitative estimate of drug-likeness (QED) is 0.223. The van der Waals surface area contributed by atoms with Crippen molar-refractivity contribution in [2.75, 3.05) is 33.3 Å². The normalized spacial score (nSPS) is 13.0. The van der Waals surface area contributed by atoms with Gasteiger partial charge < -0.3 is 36.6 Å². The largest absolute Gasteiger partial charge is 0.494 e. The molecule has 1 fully saturated rings. The predicted octanol–water partition coefficient (Wildman–Crippen LogP) is 1.81. The fraction of sp³-hybridized carbons (Fsp3) is 0.208. The van der Waals surface area contributed by atoms with E-state index >= 15 is 0 Å². The number of ether oxygens (including phenoxy) is 1. The van der Waals surface area contributed by atoms with Crippen LogP contribution in [0.4, 0.5) is 0 Å². The Hall–Kier alpha value is -3.44. The van der Waals surface area contributed by atoms with Crippen LogP contribution < -0.4 is 4.74 Å². The molecule has 36 heavy (non-hydrogen) atoms. The van der Waals surface area contributed by atoms with E-state index in [1.165, 1.54) is 35.4 Å². The number of aromatic nitrogens is 5. The topological polar surface area (TPSA) is 126 Å². The summed E-state index contributed by atoms with van der Waals surface area (Å²) in [6.45, 7) is 1.23. The van der Waals surface area contributed by atoms with Crippen molar-refractivity contribution in [2.45, 2.75) is 0 Å². The third-order valence-electron chi connectivity index (χ3n) is 5.78. The van der Waals surface area contributed by atoms with Crippen LogP contribution in [-0.2, 0) is 37.5 Å². The van der Waals surface area contributed by atoms with E-state index in [4.69, 9.17) is 4.74 Å². The molecule has 1 radical (unpaired) electrons. The number of hydrogen-bond acceptors (Lipinski definition) is 7. The van der Waals surface area contributed by atoms with Gasteiger partial charge in [-0.05, 0) is 24.8 Å². The van der Waals surface area contributed by atoms with Crippen molar-refractivity contribution in [1.82, 2.24) is 34.5 Å². The smallest absolute Gasteiger partial charge is 0.295 e. The molecule has 1 N–H and O–H groups in total. The van der Waals surface area contributed by atoms with Gasteiger partial charge in [0.05, 0.1) is 29.8 Å². The first-order chi connectivity index (χ1) is 16.6. The SMILES string of the molecule is COc1cnc(-n2cn[c-]n2)c2[nH]cc(C(=O)C(=O)N3CCN(C(=O)c4ccccc4)CC3)c12.[CH3-].[HH].[Y]. The van der Waals surface area contributed by atoms with E-state index in [0.717, 1.165) is 0 Å². The number of carbonyl (C=O) groups excluding carboxylic acids is 3. The Morgan fingerprint density at radius 1 is 1.08 bits per heavy atom. The van der Waals surface area contributed by atoms with Crippen molar-refractivity contribution in [1.29, 1.82) is 0 Å². The first-order valence-corrected chi connectivity index (χ1v) is 10.6. The average Bonchev–Trinajstić information content (AvgIpc) is 3.58. The molecule has 1 aromatic carbocycles. The number of pyridine rings is 1. The first kappa shape index (κ1) is 27.2. The average molecular weight is 564 g/mol. The Morgan fingerprint density at radius 2 is 1.78 bits per heavy atom. The van der Waals surface area contributed by atoms with Crippen molar-refractivity contribution in [3.05, 3.63) is 73.9 Å². The Bertz CT molecular complexity index is 1370. The summed E-state index contributed by atoms with van der Waals surface area (Å²) in [6.07, 6.45) is 6.81. The number of ketones is 1. The number of fused-ring (bicyclic) bond motifs is 1. The van der Waals surface area contributed by atoms with Crippen LogP contribution in [0, 0.1) is 13.8 Å². The van der Waals surface area contributed by atoms with Crippen molar-refractivity contribution in [3.63, 3.8) is 0 Å². The molecule has 185 valence electrons. The van der Waals surface area contributed by atoms with Gasteiger partial charge in [-0.2, -0.15) is 0 Å². The molecule has 1 aliphatic heterocycles. The first-order valence-electron chi connectivity index (χ1n) is 10.6. The van der Waals surface area contributed by atoms with Gasteiger partial charge in [-0.1, -0.05) is 18.2 Å². The number of piperazine rings is 1. The molecule has 0 atom stereocenters. The molecule has 12 heteroatoms. The summed E-state index contributed by atoms with van der Waals surface area (Å²) >= 11 is 0. The van der Waals surface area contributed by atoms with Gasteiger partial charge in [0.2, 0.25) is 0 Å². The van der Waals surface area contributed by atoms with E-state index in [2.05, 4.69) is 26.4 Å². The zero-order valence-corrected chi connectivity index (χ0v) is 22.7. The van der Waals surface area contributed by atoms with E-state index in [9.17, 15) is 14.4 Å². The molecule has 3 aromatic heterocycles. The number of nitrogens with zero attached hydrogens (tertiary/aromatic N) is 6. The van der Waals surface area contributed by atoms with Crippen LogP contribution in [-0.4, -0.2) is 85.4 Å². The van der Waals surface area contributed by atoms with Gasteiger partial charge in [0.1, 0.15) is 5.75 Å². The Labute approximate surface area is 234 Å². The molecule has 11 nitrogen and oxygen atoms in total. The van der Waals surface area contributed by atoms with Gasteiger partial charge in [-0.15, -0.1) is 0 Å². The Balaban J connectivity index is 0.00000160. The molecule has 0 spiro atoms. The Kier molecular flexibility index (Phi) is 8.70. The number of benzene rings is 1. The molecule has 0 bridgehead atoms. The second kappa shape index (κ2) is 11.5. The van der Waals surface area contributed by atoms with Crippen LogP contribution in [0.15, 0.2) is 49.1 Å². The summed E-state index contributed by atoms with van der Waals surface area (Å²) < 4.78 is 6.80. The van der Waals surface area contributed by atoms with Crippen LogP contribution in [0.2, 0.25) is 0 Å². The Morgan fingerprint density at radius 3 is 2.42 bits per heavy atom. The standard InChI is InChI=1S/C23H20N7O4.CH3.Y.H2/c1-34-17-12-26-21(30-14-24-13-27-30)19-18(17)16(11-25-19)20(31)23(33)29-9-7-28(8-10-29)22(32)15-5-3-2-4-6-15;;;/h2-6,11-12,14,25H,7-10H2,1H3;1H3;;1H/q2*-1;;. The number of amides is 2. The molecule has 0 aliphatic carbocycles. The zero-order valence-electron chi connectivity index (χ0n) is 19.8. The summed E-state index contributed by atoms with van der Waals surface area (Å²) in [5.74, 6) is -0.662. The maximum Gasteiger partial charge on any atom is 0.295 e. The second-order valence-corrected chi connectivity index (χ2v) is 7.67. The van der Waals surface area contributed by atoms with Crippen molar-refractivity contribution >= 4 is 28.5 Å². The number of hydrogen-bond donors (Lipinski definition) is 1. The fourth-order valence-electron chi connectivity index (χ4n) is 4.03. The van der Waals surface area contributed by atoms with Crippen molar-refractivity contribution in [2.24, 2.45) is 0 Å². The number of H-pyrrole nitrogens is 1. The second-order valence-electron chi connectivity index (χ2n) is 7.67. The van der Waals surface area contributed by atoms with E-state index in [0.29, 0.717) is 41.1 Å². The minimum absolute atomic E-state index is 0. The third-order valence-corrected chi connectivity index (χ3v) is 5.78. The maximum atomic E-state index is 13.2. The molecular formula is C24H25N7O4Y-2. The number of Topliss-reactive ketones (excluding diaryl/α,β-unsaturated/α-hetero) is 1. The molecular weight excluding hydrogens is 539 g/mol. The maximum absolute atomic E-state index is 13.2. The molecule has 1 saturated heterocycles. The number of rotatable bonds is 5. The molecule has 2 amide bonds. The zero-order chi connectivity index (χ0) is 23.7. The molecule has 1 aliphatic rings. The van der Waals surface area contributed by atoms with Crippen LogP contribution in [0.1, 0.15) is 22.1 Å². The summed E-state index contributed by atoms with van der Waals surface area (Å²) in [7, 11) is 1.46. The summed E-state index contributed by atoms with van der Waals surface area (Å²) in [4.78, 5) is 53.2. The number of aromatic amines is 1. The third kappa shape index (κ3) is 4.94. The fourth-order valence-corrected chi connectivity index (χ4v) is 4.03. The summed E-state index contributed by atoms with van der Waals surface area (Å²) in [6, 6.07) is 8.98. The van der Waals surface area contributed by atoms with E-state index in [-0.39, 0.29) is 66.1 Å². The van der Waals surface area contributed by atoms with Crippen LogP contribution in [0.3, 0.4) is 0 Å². The number of carbonyl (C=O) groups is 3. The monoisotopic (exact) mass is 564 g/mol. The van der Waals surface area contributed by atoms with Gasteiger partial charge in [0.15, 0.2) is 5.82 Å². The van der Waals surface area contributed by atoms with Crippen molar-refractivity contribution < 1.29 is 53.3 Å². The van der Waals surface area contributed by atoms with E-state index in [1.807, 2.05) is 18.2 Å². The van der Waals surface area contributed by atoms with E-state index < -0.39 is 11.7 Å². The molecule has 4 aromatic rings. The van der Waals surface area contributed by atoms with Gasteiger partial charge in [-0.3, -0.25) is 19.5 Å². The van der Waals surface area contributed by atoms with Gasteiger partial charge in [-0.25, -0.2) is 4.98 Å². The minimum Gasteiger partial charge on any atom is -0.494 e. The minimum atomic E-state index is -0.672. The number of methoxy groups -OCH3 is 1. The van der Waals surface area contributed by atoms with Crippen LogP contribution in [0.5, 0.6) is 5.75 Å². The summed E-state index contributed by atoms with van der Waals surface area (Å²) in [5, 5.41) is 4.39. The molecule has 0 saturated carbocycles. The van der Waals surface area contributed by atoms with Gasteiger partial charge in [0.25, 0.3) is 17.6 Å². The van der Waals surface area contributed by atoms with Gasteiger partial charge in [0, 0.05) is 72.1 Å². The summed E-state index contributed by atoms with van der Waals surface area (Å²) in [5.41, 5.74) is 1.25. The molecule has 0 unspecified atom stereocenters. The predicted molar refractivity (Wildman–Crippen MR) is 128 cm³/mol. The molecule has 5 rings (SSSR count). The van der Waals surface area contributed by atoms with E-state index in [1.54, 1.807) is 17.0 Å². The molecule has 4 heterocycles. The van der Waals surface area contributed by atoms with Crippen LogP contribution in [0.25, 0.3) is 16.7 Å². The van der Waals surface area contributed by atoms with Crippen LogP contribution >= 0.6 is 0 Å². The number of nitrogens with one attached hydrogen (secondary N) is 1. The van der Waals surface area contributed by atoms with Crippen molar-refractivity contribution in [3.8, 4) is 11.6 Å².